The molecule has 0 fully saturated rings. The monoisotopic (exact) mass is 208 g/mol. The molecule has 0 aliphatic rings. The first-order valence-corrected chi connectivity index (χ1v) is 3.76. The summed E-state index contributed by atoms with van der Waals surface area (Å²) in [7, 11) is 0. The molecule has 88 valence electrons. The summed E-state index contributed by atoms with van der Waals surface area (Å²) in [5, 5.41) is 30.5. The van der Waals surface area contributed by atoms with Crippen molar-refractivity contribution in [2.24, 2.45) is 0 Å². The Kier molecular flexibility index (Phi) is 329. The second-order valence-electron chi connectivity index (χ2n) is 0.894. The average molecular weight is 208 g/mol. The van der Waals surface area contributed by atoms with Gasteiger partial charge >= 0.3 is 0 Å². The van der Waals surface area contributed by atoms with E-state index in [1.165, 1.54) is 0 Å². The van der Waals surface area contributed by atoms with E-state index in [0.717, 1.165) is 0 Å². The van der Waals surface area contributed by atoms with E-state index in [9.17, 15) is 0 Å². The Hall–Kier alpha value is -0.940. The quantitative estimate of drug-likeness (QED) is 0.494. The van der Waals surface area contributed by atoms with E-state index < -0.39 is 0 Å². The summed E-state index contributed by atoms with van der Waals surface area (Å²) in [5.41, 5.74) is 0. The number of hydrogen-bond acceptors (Lipinski definition) is 4. The molecule has 0 aliphatic carbocycles. The lowest BCUT2D eigenvalue weighted by Crippen LogP contribution is -1.85. The van der Waals surface area contributed by atoms with Gasteiger partial charge in [0.15, 0.2) is 0 Å². The van der Waals surface area contributed by atoms with Crippen molar-refractivity contribution in [1.82, 2.24) is 0 Å². The fourth-order valence-electron chi connectivity index (χ4n) is 0. The predicted molar refractivity (Wildman–Crippen MR) is 62.1 cm³/mol. The molecule has 4 N–H and O–H groups in total. The minimum atomic E-state index is -0.125. The van der Waals surface area contributed by atoms with Gasteiger partial charge in [-0.1, -0.05) is 0 Å². The number of aliphatic hydroxyl groups excluding tert-OH is 4. The second kappa shape index (κ2) is 158. The minimum Gasteiger partial charge on any atom is -0.394 e. The molecule has 0 unspecified atom stereocenters. The largest absolute Gasteiger partial charge is 0.394 e. The van der Waals surface area contributed by atoms with E-state index in [4.69, 9.17) is 20.4 Å². The van der Waals surface area contributed by atoms with Crippen molar-refractivity contribution in [2.45, 2.75) is 0 Å². The molecule has 0 heterocycles. The van der Waals surface area contributed by atoms with E-state index >= 15 is 0 Å². The van der Waals surface area contributed by atoms with E-state index in [1.54, 1.807) is 0 Å². The first-order valence-electron chi connectivity index (χ1n) is 3.76. The topological polar surface area (TPSA) is 80.9 Å². The van der Waals surface area contributed by atoms with Gasteiger partial charge in [0.2, 0.25) is 0 Å². The van der Waals surface area contributed by atoms with Gasteiger partial charge in [0.25, 0.3) is 0 Å². The maximum absolute atomic E-state index is 7.62. The lowest BCUT2D eigenvalue weighted by atomic mass is 10.8. The molecule has 0 rings (SSSR count). The third-order valence-electron chi connectivity index (χ3n) is 0.200. The molecular formula is C10H24O4. The van der Waals surface area contributed by atoms with Gasteiger partial charge in [0, 0.05) is 0 Å². The van der Waals surface area contributed by atoms with E-state index in [-0.39, 0.29) is 26.4 Å². The van der Waals surface area contributed by atoms with Crippen LogP contribution in [-0.4, -0.2) is 46.9 Å². The second-order valence-corrected chi connectivity index (χ2v) is 0.894. The highest BCUT2D eigenvalue weighted by Crippen LogP contribution is 1.40. The number of rotatable bonds is 2. The Morgan fingerprint density at radius 1 is 0.429 bits per heavy atom. The van der Waals surface area contributed by atoms with Gasteiger partial charge in [-0.2, -0.15) is 0 Å². The van der Waals surface area contributed by atoms with Crippen LogP contribution in [0.2, 0.25) is 0 Å². The van der Waals surface area contributed by atoms with Crippen molar-refractivity contribution in [1.29, 1.82) is 0 Å². The molecule has 0 aromatic heterocycles. The van der Waals surface area contributed by atoms with Crippen LogP contribution in [0.15, 0.2) is 39.5 Å². The number of hydrogen-bond donors (Lipinski definition) is 4. The van der Waals surface area contributed by atoms with Crippen LogP contribution in [0.3, 0.4) is 0 Å². The smallest absolute Gasteiger partial charge is 0.0662 e. The standard InChI is InChI=1S/2C2H6O2.3C2H4/c2*3-1-2-4;3*1-2/h2*3-4H,1-2H2;3*1-2H2. The summed E-state index contributed by atoms with van der Waals surface area (Å²) in [4.78, 5) is 0. The van der Waals surface area contributed by atoms with Crippen LogP contribution in [0.1, 0.15) is 0 Å². The summed E-state index contributed by atoms with van der Waals surface area (Å²) in [6.07, 6.45) is 0. The predicted octanol–water partition coefficient (Wildman–Crippen LogP) is 0.349. The van der Waals surface area contributed by atoms with E-state index in [2.05, 4.69) is 39.5 Å². The van der Waals surface area contributed by atoms with Gasteiger partial charge in [0.1, 0.15) is 0 Å². The van der Waals surface area contributed by atoms with Crippen molar-refractivity contribution in [2.75, 3.05) is 26.4 Å². The average Bonchev–Trinajstić information content (AvgIpc) is 2.36. The van der Waals surface area contributed by atoms with E-state index in [0.29, 0.717) is 0 Å². The number of aliphatic hydroxyl groups is 4. The van der Waals surface area contributed by atoms with Crippen molar-refractivity contribution < 1.29 is 20.4 Å². The van der Waals surface area contributed by atoms with Gasteiger partial charge in [-0.25, -0.2) is 0 Å². The molecule has 0 atom stereocenters. The van der Waals surface area contributed by atoms with Gasteiger partial charge < -0.3 is 20.4 Å². The zero-order valence-electron chi connectivity index (χ0n) is 8.86. The SMILES string of the molecule is C=C.C=C.C=C.OCCO.OCCO. The maximum Gasteiger partial charge on any atom is 0.0662 e. The van der Waals surface area contributed by atoms with Crippen molar-refractivity contribution >= 4 is 0 Å². The van der Waals surface area contributed by atoms with Crippen LogP contribution in [-0.2, 0) is 0 Å². The molecule has 0 saturated heterocycles. The lowest BCUT2D eigenvalue weighted by molar-refractivity contribution is 0.186. The van der Waals surface area contributed by atoms with Gasteiger partial charge in [-0.15, -0.1) is 39.5 Å². The molecule has 4 nitrogen and oxygen atoms in total. The highest BCUT2D eigenvalue weighted by Gasteiger charge is 1.58. The van der Waals surface area contributed by atoms with Crippen LogP contribution < -0.4 is 0 Å². The fourth-order valence-corrected chi connectivity index (χ4v) is 0. The maximum atomic E-state index is 7.62. The Bertz CT molecular complexity index is 38.6. The molecule has 0 saturated carbocycles. The highest BCUT2D eigenvalue weighted by atomic mass is 16.3. The Balaban J connectivity index is -0.0000000255. The molecule has 0 amide bonds. The molecule has 0 aliphatic heterocycles. The Morgan fingerprint density at radius 2 is 0.500 bits per heavy atom. The molecule has 0 aromatic rings. The molecule has 0 radical (unpaired) electrons. The molecule has 14 heavy (non-hydrogen) atoms. The van der Waals surface area contributed by atoms with Crippen LogP contribution in [0.4, 0.5) is 0 Å². The van der Waals surface area contributed by atoms with Crippen LogP contribution >= 0.6 is 0 Å². The van der Waals surface area contributed by atoms with Crippen molar-refractivity contribution in [3.8, 4) is 0 Å². The molecule has 0 aromatic carbocycles. The molecule has 0 spiro atoms. The van der Waals surface area contributed by atoms with Crippen molar-refractivity contribution in [3.05, 3.63) is 39.5 Å². The van der Waals surface area contributed by atoms with Crippen LogP contribution in [0, 0.1) is 0 Å². The Morgan fingerprint density at radius 3 is 0.500 bits per heavy atom. The zero-order chi connectivity index (χ0) is 12.8. The summed E-state index contributed by atoms with van der Waals surface area (Å²) >= 11 is 0. The van der Waals surface area contributed by atoms with Crippen molar-refractivity contribution in [3.63, 3.8) is 0 Å². The first-order chi connectivity index (χ1) is 6.83. The molecular weight excluding hydrogens is 184 g/mol. The highest BCUT2D eigenvalue weighted by molar-refractivity contribution is 4.22. The van der Waals surface area contributed by atoms with Gasteiger partial charge in [-0.05, 0) is 0 Å². The first kappa shape index (κ1) is 29.2. The minimum absolute atomic E-state index is 0.125. The summed E-state index contributed by atoms with van der Waals surface area (Å²) in [6, 6.07) is 0. The van der Waals surface area contributed by atoms with Crippen LogP contribution in [0.5, 0.6) is 0 Å². The summed E-state index contributed by atoms with van der Waals surface area (Å²) in [6.45, 7) is 17.5. The Labute approximate surface area is 87.2 Å². The van der Waals surface area contributed by atoms with Gasteiger partial charge in [0.05, 0.1) is 26.4 Å². The lowest BCUT2D eigenvalue weighted by Gasteiger charge is -1.70. The van der Waals surface area contributed by atoms with Crippen LogP contribution in [0.25, 0.3) is 0 Å². The van der Waals surface area contributed by atoms with E-state index in [1.807, 2.05) is 0 Å². The fraction of sp³-hybridized carbons (Fsp3) is 0.400. The molecule has 4 heteroatoms. The third kappa shape index (κ3) is 996. The summed E-state index contributed by atoms with van der Waals surface area (Å²) in [5.74, 6) is 0. The van der Waals surface area contributed by atoms with Gasteiger partial charge in [-0.3, -0.25) is 0 Å². The third-order valence-corrected chi connectivity index (χ3v) is 0.200. The molecule has 0 bridgehead atoms. The normalized spacial score (nSPS) is 5.14. The zero-order valence-corrected chi connectivity index (χ0v) is 8.86. The summed E-state index contributed by atoms with van der Waals surface area (Å²) < 4.78 is 0.